The lowest BCUT2D eigenvalue weighted by molar-refractivity contribution is 0.800. The van der Waals surface area contributed by atoms with Gasteiger partial charge in [-0.2, -0.15) is 18.6 Å². The summed E-state index contributed by atoms with van der Waals surface area (Å²) in [6.45, 7) is 23.4. The molecule has 0 atom stereocenters. The molecule has 34 heavy (non-hydrogen) atoms. The highest BCUT2D eigenvalue weighted by Crippen LogP contribution is 2.42. The molecular weight excluding hydrogens is 424 g/mol. The Kier molecular flexibility index (Phi) is 6.98. The normalized spacial score (nSPS) is 15.1. The lowest BCUT2D eigenvalue weighted by Gasteiger charge is -2.33. The van der Waals surface area contributed by atoms with Crippen molar-refractivity contribution in [3.05, 3.63) is 81.8 Å². The summed E-state index contributed by atoms with van der Waals surface area (Å²) < 4.78 is 0. The number of hydrogen-bond acceptors (Lipinski definition) is 0. The van der Waals surface area contributed by atoms with Crippen molar-refractivity contribution in [1.82, 2.24) is 0 Å². The van der Waals surface area contributed by atoms with Gasteiger partial charge in [0.05, 0.1) is 0 Å². The summed E-state index contributed by atoms with van der Waals surface area (Å²) in [5.41, 5.74) is 13.5. The average Bonchev–Trinajstić information content (AvgIpc) is 3.15. The fraction of sp³-hybridized carbons (Fsp3) is 0.455. The van der Waals surface area contributed by atoms with Crippen LogP contribution in [-0.4, -0.2) is 14.3 Å². The molecule has 1 heterocycles. The molecule has 0 saturated carbocycles. The average molecular weight is 467 g/mol. The molecule has 1 heteroatoms. The van der Waals surface area contributed by atoms with Crippen LogP contribution in [0.15, 0.2) is 36.4 Å². The Labute approximate surface area is 211 Å². The number of benzene rings is 2. The molecule has 179 valence electrons. The van der Waals surface area contributed by atoms with E-state index >= 15 is 0 Å². The summed E-state index contributed by atoms with van der Waals surface area (Å²) in [5.74, 6) is 2.61. The van der Waals surface area contributed by atoms with E-state index in [9.17, 15) is 0 Å². The summed E-state index contributed by atoms with van der Waals surface area (Å²) in [6, 6.07) is 9.98. The van der Waals surface area contributed by atoms with Crippen molar-refractivity contribution >= 4 is 30.6 Å². The van der Waals surface area contributed by atoms with Crippen molar-refractivity contribution < 1.29 is 0 Å². The van der Waals surface area contributed by atoms with Gasteiger partial charge >= 0.3 is 0 Å². The van der Waals surface area contributed by atoms with Crippen LogP contribution < -0.4 is 5.19 Å². The van der Waals surface area contributed by atoms with E-state index in [0.717, 1.165) is 9.13 Å². The van der Waals surface area contributed by atoms with E-state index in [-0.39, 0.29) is 0 Å². The van der Waals surface area contributed by atoms with Crippen molar-refractivity contribution in [2.24, 2.45) is 0 Å². The zero-order valence-corrected chi connectivity index (χ0v) is 23.9. The lowest BCUT2D eigenvalue weighted by atomic mass is 9.77. The summed E-state index contributed by atoms with van der Waals surface area (Å²) >= 11 is 0. The van der Waals surface area contributed by atoms with Crippen molar-refractivity contribution in [3.63, 3.8) is 0 Å². The lowest BCUT2D eigenvalue weighted by Crippen LogP contribution is -2.15. The minimum atomic E-state index is 0.493. The number of allylic oxidation sites excluding steroid dienone is 4. The Morgan fingerprint density at radius 2 is 0.941 bits per heavy atom. The molecule has 4 rings (SSSR count). The van der Waals surface area contributed by atoms with Gasteiger partial charge < -0.3 is 0 Å². The van der Waals surface area contributed by atoms with Crippen molar-refractivity contribution in [2.45, 2.75) is 98.8 Å². The molecule has 0 fully saturated rings. The molecule has 0 spiro atoms. The third-order valence-electron chi connectivity index (χ3n) is 7.48. The topological polar surface area (TPSA) is 0 Å². The predicted molar refractivity (Wildman–Crippen MR) is 154 cm³/mol. The fourth-order valence-corrected chi connectivity index (χ4v) is 6.98. The van der Waals surface area contributed by atoms with Crippen molar-refractivity contribution in [3.8, 4) is 0 Å². The zero-order valence-electron chi connectivity index (χ0n) is 22.9. The number of fused-ring (bicyclic) bond motifs is 3. The molecular formula is C33H42Si-. The van der Waals surface area contributed by atoms with E-state index in [1.807, 2.05) is 0 Å². The van der Waals surface area contributed by atoms with E-state index in [4.69, 9.17) is 0 Å². The van der Waals surface area contributed by atoms with Crippen LogP contribution in [0.2, 0.25) is 0 Å². The van der Waals surface area contributed by atoms with Gasteiger partial charge in [0.1, 0.15) is 0 Å². The molecule has 0 unspecified atom stereocenters. The van der Waals surface area contributed by atoms with Gasteiger partial charge in [0.15, 0.2) is 0 Å². The van der Waals surface area contributed by atoms with E-state index < -0.39 is 0 Å². The van der Waals surface area contributed by atoms with Gasteiger partial charge in [-0.05, 0) is 62.6 Å². The quantitative estimate of drug-likeness (QED) is 0.296. The van der Waals surface area contributed by atoms with Crippen LogP contribution in [0.3, 0.4) is 0 Å². The molecule has 2 aromatic rings. The van der Waals surface area contributed by atoms with Crippen LogP contribution in [0.1, 0.15) is 138 Å². The first-order valence-electron chi connectivity index (χ1n) is 13.3. The van der Waals surface area contributed by atoms with Crippen LogP contribution in [0.5, 0.6) is 0 Å². The molecule has 0 saturated heterocycles. The van der Waals surface area contributed by atoms with E-state index in [1.54, 1.807) is 10.4 Å². The molecule has 1 aliphatic heterocycles. The highest BCUT2D eigenvalue weighted by atomic mass is 28.2. The SMILES string of the molecule is CC(C)c1cc2c(c(C(C)C)c1)C1=C[CH-]C=C(c3c(C(C)C)cc(C(C)C)cc3C(C)C)C1=[Si]2. The molecule has 1 aliphatic carbocycles. The van der Waals surface area contributed by atoms with Gasteiger partial charge in [0.25, 0.3) is 0 Å². The Morgan fingerprint density at radius 1 is 0.529 bits per heavy atom. The number of hydrogen-bond donors (Lipinski definition) is 0. The predicted octanol–water partition coefficient (Wildman–Crippen LogP) is 8.50. The first kappa shape index (κ1) is 25.0. The second-order valence-electron chi connectivity index (χ2n) is 11.7. The van der Waals surface area contributed by atoms with Crippen molar-refractivity contribution in [1.29, 1.82) is 0 Å². The van der Waals surface area contributed by atoms with Crippen LogP contribution in [0.25, 0.3) is 11.1 Å². The minimum absolute atomic E-state index is 0.493. The van der Waals surface area contributed by atoms with Gasteiger partial charge in [-0.3, -0.25) is 0 Å². The molecule has 1 radical (unpaired) electrons. The van der Waals surface area contributed by atoms with Crippen LogP contribution in [0.4, 0.5) is 0 Å². The van der Waals surface area contributed by atoms with E-state index in [2.05, 4.69) is 112 Å². The Balaban J connectivity index is 1.95. The van der Waals surface area contributed by atoms with Gasteiger partial charge in [-0.25, -0.2) is 0 Å². The van der Waals surface area contributed by atoms with Gasteiger partial charge in [0, 0.05) is 9.13 Å². The summed E-state index contributed by atoms with van der Waals surface area (Å²) in [6.07, 6.45) is 7.09. The van der Waals surface area contributed by atoms with E-state index in [0.29, 0.717) is 29.6 Å². The van der Waals surface area contributed by atoms with Crippen LogP contribution in [0, 0.1) is 6.42 Å². The molecule has 2 aromatic carbocycles. The van der Waals surface area contributed by atoms with E-state index in [1.165, 1.54) is 50.1 Å². The maximum absolute atomic E-state index is 2.50. The molecule has 0 aromatic heterocycles. The smallest absolute Gasteiger partial charge is 0.0416 e. The Bertz CT molecular complexity index is 1170. The summed E-state index contributed by atoms with van der Waals surface area (Å²) in [4.78, 5) is 0. The second-order valence-corrected chi connectivity index (χ2v) is 13.0. The molecule has 0 nitrogen and oxygen atoms in total. The first-order valence-corrected chi connectivity index (χ1v) is 14.3. The van der Waals surface area contributed by atoms with Gasteiger partial charge in [0.2, 0.25) is 0 Å². The van der Waals surface area contributed by atoms with Gasteiger partial charge in [-0.15, -0.1) is 16.3 Å². The third kappa shape index (κ3) is 4.33. The third-order valence-corrected chi connectivity index (χ3v) is 8.93. The Hall–Kier alpha value is -2.12. The fourth-order valence-electron chi connectivity index (χ4n) is 5.38. The molecule has 0 bridgehead atoms. The zero-order chi connectivity index (χ0) is 24.9. The number of rotatable bonds is 6. The molecule has 0 amide bonds. The molecule has 0 N–H and O–H groups in total. The van der Waals surface area contributed by atoms with Crippen LogP contribution >= 0.6 is 0 Å². The monoisotopic (exact) mass is 466 g/mol. The Morgan fingerprint density at radius 3 is 1.38 bits per heavy atom. The maximum Gasteiger partial charge on any atom is 0.0416 e. The van der Waals surface area contributed by atoms with Crippen molar-refractivity contribution in [2.75, 3.05) is 0 Å². The summed E-state index contributed by atoms with van der Waals surface area (Å²) in [5, 5.41) is 3.11. The summed E-state index contributed by atoms with van der Waals surface area (Å²) in [7, 11) is 0.726. The highest BCUT2D eigenvalue weighted by Gasteiger charge is 2.25. The van der Waals surface area contributed by atoms with Gasteiger partial charge in [-0.1, -0.05) is 105 Å². The highest BCUT2D eigenvalue weighted by molar-refractivity contribution is 6.86. The molecule has 2 aliphatic rings. The first-order chi connectivity index (χ1) is 16.0. The maximum atomic E-state index is 2.50. The second kappa shape index (κ2) is 9.50. The largest absolute Gasteiger partial charge is 0.169 e. The minimum Gasteiger partial charge on any atom is -0.169 e. The standard InChI is InChI=1S/C33H42Si/c1-18(2)23-14-27(20(5)6)31(28(15-23)21(7)8)25-12-11-13-26-32-29(22(9)10)16-24(19(3)4)17-30(32)34-33(25)26/h11-22H,1-10H3/q-1. The van der Waals surface area contributed by atoms with Crippen LogP contribution in [-0.2, 0) is 0 Å².